The zero-order valence-electron chi connectivity index (χ0n) is 18.0. The molecule has 0 fully saturated rings. The predicted octanol–water partition coefficient (Wildman–Crippen LogP) is 2.91. The van der Waals surface area contributed by atoms with Gasteiger partial charge >= 0.3 is 6.18 Å². The summed E-state index contributed by atoms with van der Waals surface area (Å²) in [5, 5.41) is 11.2. The van der Waals surface area contributed by atoms with Crippen molar-refractivity contribution in [1.29, 1.82) is 0 Å². The average Bonchev–Trinajstić information content (AvgIpc) is 3.28. The lowest BCUT2D eigenvalue weighted by Gasteiger charge is -2.29. The van der Waals surface area contributed by atoms with Crippen molar-refractivity contribution < 1.29 is 32.2 Å². The molecule has 3 aromatic rings. The van der Waals surface area contributed by atoms with Crippen LogP contribution in [0.1, 0.15) is 27.2 Å². The number of hydrogen-bond donors (Lipinski definition) is 0. The SMILES string of the molecule is COc1ccc(-n2ncc(C(=O)N3CCc4cc(OC)c(OC)cc4C3)c2C(F)(F)F)nn1. The summed E-state index contributed by atoms with van der Waals surface area (Å²) in [6.07, 6.45) is -3.49. The van der Waals surface area contributed by atoms with Gasteiger partial charge in [0, 0.05) is 19.2 Å². The Hall–Kier alpha value is -3.83. The molecule has 4 rings (SSSR count). The fraction of sp³-hybridized carbons (Fsp3) is 0.333. The molecule has 2 aromatic heterocycles. The molecule has 33 heavy (non-hydrogen) atoms. The lowest BCUT2D eigenvalue weighted by Crippen LogP contribution is -2.37. The molecule has 0 saturated carbocycles. The molecule has 0 N–H and O–H groups in total. The predicted molar refractivity (Wildman–Crippen MR) is 109 cm³/mol. The largest absolute Gasteiger partial charge is 0.493 e. The first-order valence-electron chi connectivity index (χ1n) is 9.83. The van der Waals surface area contributed by atoms with Gasteiger partial charge in [0.05, 0.1) is 33.1 Å². The summed E-state index contributed by atoms with van der Waals surface area (Å²) in [5.74, 6) is 0.193. The first kappa shape index (κ1) is 22.4. The highest BCUT2D eigenvalue weighted by Crippen LogP contribution is 2.36. The van der Waals surface area contributed by atoms with Gasteiger partial charge in [0.1, 0.15) is 0 Å². The first-order valence-corrected chi connectivity index (χ1v) is 9.83. The fourth-order valence-corrected chi connectivity index (χ4v) is 3.71. The zero-order valence-corrected chi connectivity index (χ0v) is 18.0. The molecular weight excluding hydrogens is 443 g/mol. The van der Waals surface area contributed by atoms with Gasteiger partial charge in [-0.3, -0.25) is 4.79 Å². The number of ether oxygens (including phenoxy) is 3. The Morgan fingerprint density at radius 1 is 1.00 bits per heavy atom. The highest BCUT2D eigenvalue weighted by Gasteiger charge is 2.42. The second kappa shape index (κ2) is 8.60. The van der Waals surface area contributed by atoms with E-state index in [-0.39, 0.29) is 24.8 Å². The van der Waals surface area contributed by atoms with Crippen molar-refractivity contribution in [1.82, 2.24) is 24.9 Å². The molecule has 0 spiro atoms. The van der Waals surface area contributed by atoms with E-state index in [1.165, 1.54) is 38.4 Å². The minimum absolute atomic E-state index is 0.124. The molecule has 1 aromatic carbocycles. The van der Waals surface area contributed by atoms with Crippen LogP contribution in [0, 0.1) is 0 Å². The number of halogens is 3. The number of carbonyl (C=O) groups excluding carboxylic acids is 1. The van der Waals surface area contributed by atoms with Gasteiger partial charge < -0.3 is 19.1 Å². The number of carbonyl (C=O) groups is 1. The van der Waals surface area contributed by atoms with Gasteiger partial charge in [-0.15, -0.1) is 10.2 Å². The fourth-order valence-electron chi connectivity index (χ4n) is 3.71. The number of alkyl halides is 3. The van der Waals surface area contributed by atoms with E-state index in [0.717, 1.165) is 17.3 Å². The van der Waals surface area contributed by atoms with E-state index < -0.39 is 23.3 Å². The minimum atomic E-state index is -4.85. The second-order valence-corrected chi connectivity index (χ2v) is 7.20. The summed E-state index contributed by atoms with van der Waals surface area (Å²) in [4.78, 5) is 14.5. The summed E-state index contributed by atoms with van der Waals surface area (Å²) in [6.45, 7) is 0.367. The summed E-state index contributed by atoms with van der Waals surface area (Å²) in [6, 6.07) is 6.18. The number of amides is 1. The van der Waals surface area contributed by atoms with E-state index in [4.69, 9.17) is 14.2 Å². The van der Waals surface area contributed by atoms with Crippen molar-refractivity contribution in [2.45, 2.75) is 19.1 Å². The number of aromatic nitrogens is 4. The molecule has 0 atom stereocenters. The third kappa shape index (κ3) is 4.15. The standard InChI is InChI=1S/C21H20F3N5O4/c1-31-15-8-12-6-7-28(11-13(12)9-16(15)32-2)20(30)14-10-25-29(19(14)21(22,23)24)17-4-5-18(33-3)27-26-17/h4-5,8-10H,6-7,11H2,1-3H3. The molecule has 174 valence electrons. The van der Waals surface area contributed by atoms with Gasteiger partial charge in [-0.1, -0.05) is 0 Å². The van der Waals surface area contributed by atoms with Crippen molar-refractivity contribution in [3.05, 3.63) is 52.8 Å². The first-order chi connectivity index (χ1) is 15.8. The average molecular weight is 463 g/mol. The van der Waals surface area contributed by atoms with Crippen LogP contribution in [-0.4, -0.2) is 58.7 Å². The lowest BCUT2D eigenvalue weighted by molar-refractivity contribution is -0.143. The van der Waals surface area contributed by atoms with Gasteiger partial charge in [0.25, 0.3) is 5.91 Å². The van der Waals surface area contributed by atoms with Crippen LogP contribution in [-0.2, 0) is 19.1 Å². The Kier molecular flexibility index (Phi) is 5.83. The van der Waals surface area contributed by atoms with E-state index in [1.54, 1.807) is 6.07 Å². The van der Waals surface area contributed by atoms with Crippen LogP contribution in [0.4, 0.5) is 13.2 Å². The lowest BCUT2D eigenvalue weighted by atomic mass is 9.98. The number of methoxy groups -OCH3 is 3. The molecule has 0 bridgehead atoms. The number of benzene rings is 1. The highest BCUT2D eigenvalue weighted by molar-refractivity contribution is 5.95. The molecule has 0 aliphatic carbocycles. The van der Waals surface area contributed by atoms with Crippen molar-refractivity contribution >= 4 is 5.91 Å². The maximum absolute atomic E-state index is 14.0. The number of nitrogens with zero attached hydrogens (tertiary/aromatic N) is 5. The quantitative estimate of drug-likeness (QED) is 0.575. The molecule has 1 amide bonds. The number of hydrogen-bond acceptors (Lipinski definition) is 7. The van der Waals surface area contributed by atoms with Crippen molar-refractivity contribution in [2.75, 3.05) is 27.9 Å². The number of fused-ring (bicyclic) bond motifs is 1. The van der Waals surface area contributed by atoms with E-state index in [2.05, 4.69) is 15.3 Å². The van der Waals surface area contributed by atoms with E-state index in [9.17, 15) is 18.0 Å². The second-order valence-electron chi connectivity index (χ2n) is 7.20. The molecule has 0 saturated heterocycles. The van der Waals surface area contributed by atoms with Crippen LogP contribution in [0.25, 0.3) is 5.82 Å². The van der Waals surface area contributed by atoms with Crippen LogP contribution < -0.4 is 14.2 Å². The third-order valence-electron chi connectivity index (χ3n) is 5.33. The Morgan fingerprint density at radius 3 is 2.27 bits per heavy atom. The van der Waals surface area contributed by atoms with E-state index in [1.807, 2.05) is 6.07 Å². The molecule has 3 heterocycles. The van der Waals surface area contributed by atoms with Gasteiger partial charge in [0.15, 0.2) is 23.0 Å². The molecule has 12 heteroatoms. The summed E-state index contributed by atoms with van der Waals surface area (Å²) >= 11 is 0. The Labute approximate surface area is 186 Å². The van der Waals surface area contributed by atoms with Crippen LogP contribution >= 0.6 is 0 Å². The number of rotatable bonds is 5. The van der Waals surface area contributed by atoms with Crippen LogP contribution in [0.5, 0.6) is 17.4 Å². The minimum Gasteiger partial charge on any atom is -0.493 e. The smallest absolute Gasteiger partial charge is 0.434 e. The molecule has 1 aliphatic heterocycles. The maximum atomic E-state index is 14.0. The van der Waals surface area contributed by atoms with Crippen LogP contribution in [0.15, 0.2) is 30.5 Å². The van der Waals surface area contributed by atoms with Crippen LogP contribution in [0.2, 0.25) is 0 Å². The normalized spacial score (nSPS) is 13.5. The van der Waals surface area contributed by atoms with E-state index in [0.29, 0.717) is 22.6 Å². The van der Waals surface area contributed by atoms with Gasteiger partial charge in [0.2, 0.25) is 5.88 Å². The van der Waals surface area contributed by atoms with Crippen molar-refractivity contribution in [3.8, 4) is 23.2 Å². The molecule has 0 radical (unpaired) electrons. The van der Waals surface area contributed by atoms with Gasteiger partial charge in [-0.05, 0) is 35.7 Å². The monoisotopic (exact) mass is 463 g/mol. The van der Waals surface area contributed by atoms with Gasteiger partial charge in [-0.25, -0.2) is 4.68 Å². The molecular formula is C21H20F3N5O4. The highest BCUT2D eigenvalue weighted by atomic mass is 19.4. The molecule has 0 unspecified atom stereocenters. The zero-order chi connectivity index (χ0) is 23.8. The maximum Gasteiger partial charge on any atom is 0.434 e. The van der Waals surface area contributed by atoms with Crippen LogP contribution in [0.3, 0.4) is 0 Å². The summed E-state index contributed by atoms with van der Waals surface area (Å²) < 4.78 is 58.0. The summed E-state index contributed by atoms with van der Waals surface area (Å²) in [5.41, 5.74) is -0.0692. The van der Waals surface area contributed by atoms with E-state index >= 15 is 0 Å². The molecule has 1 aliphatic rings. The molecule has 9 nitrogen and oxygen atoms in total. The van der Waals surface area contributed by atoms with Gasteiger partial charge in [-0.2, -0.15) is 18.3 Å². The Morgan fingerprint density at radius 2 is 1.70 bits per heavy atom. The third-order valence-corrected chi connectivity index (χ3v) is 5.33. The Bertz CT molecular complexity index is 1180. The van der Waals surface area contributed by atoms with Crippen molar-refractivity contribution in [2.24, 2.45) is 0 Å². The topological polar surface area (TPSA) is 91.6 Å². The Balaban J connectivity index is 1.68. The summed E-state index contributed by atoms with van der Waals surface area (Å²) in [7, 11) is 4.37. The van der Waals surface area contributed by atoms with Crippen molar-refractivity contribution in [3.63, 3.8) is 0 Å².